The molecule has 0 aromatic rings. The summed E-state index contributed by atoms with van der Waals surface area (Å²) in [5.41, 5.74) is 6.02. The molecule has 0 amide bonds. The highest BCUT2D eigenvalue weighted by molar-refractivity contribution is 4.94. The Morgan fingerprint density at radius 2 is 1.70 bits per heavy atom. The predicted molar refractivity (Wildman–Crippen MR) is 41.7 cm³/mol. The molecule has 1 aliphatic heterocycles. The maximum absolute atomic E-state index is 6.02. The van der Waals surface area contributed by atoms with Gasteiger partial charge in [0.05, 0.1) is 0 Å². The van der Waals surface area contributed by atoms with Gasteiger partial charge in [0.15, 0.2) is 0 Å². The molecule has 1 aliphatic carbocycles. The van der Waals surface area contributed by atoms with E-state index in [0.29, 0.717) is 6.04 Å². The molecule has 58 valence electrons. The number of nitrogens with zero attached hydrogens (tertiary/aromatic N) is 1. The van der Waals surface area contributed by atoms with Crippen LogP contribution in [0.4, 0.5) is 0 Å². The van der Waals surface area contributed by atoms with Crippen LogP contribution in [0.25, 0.3) is 0 Å². The highest BCUT2D eigenvalue weighted by Crippen LogP contribution is 2.34. The van der Waals surface area contributed by atoms with Gasteiger partial charge >= 0.3 is 0 Å². The first kappa shape index (κ1) is 6.62. The molecule has 10 heavy (non-hydrogen) atoms. The molecule has 1 saturated carbocycles. The van der Waals surface area contributed by atoms with Crippen molar-refractivity contribution in [2.75, 3.05) is 20.1 Å². The largest absolute Gasteiger partial charge is 0.327 e. The molecule has 0 aromatic carbocycles. The number of fused-ring (bicyclic) bond motifs is 2. The van der Waals surface area contributed by atoms with Crippen molar-refractivity contribution in [3.63, 3.8) is 0 Å². The molecular weight excluding hydrogens is 124 g/mol. The summed E-state index contributed by atoms with van der Waals surface area (Å²) in [7, 11) is 2.21. The molecule has 3 atom stereocenters. The van der Waals surface area contributed by atoms with Gasteiger partial charge in [-0.3, -0.25) is 0 Å². The van der Waals surface area contributed by atoms with E-state index in [1.165, 1.54) is 25.9 Å². The van der Waals surface area contributed by atoms with E-state index in [9.17, 15) is 0 Å². The SMILES string of the molecule is CN1CC2CC[C@H](C1)C2N. The Kier molecular flexibility index (Phi) is 1.46. The molecule has 1 heterocycles. The van der Waals surface area contributed by atoms with Crippen LogP contribution in [-0.2, 0) is 0 Å². The van der Waals surface area contributed by atoms with E-state index in [0.717, 1.165) is 11.8 Å². The first-order chi connectivity index (χ1) is 4.77. The molecule has 2 bridgehead atoms. The fourth-order valence-electron chi connectivity index (χ4n) is 2.50. The first-order valence-electron chi connectivity index (χ1n) is 4.21. The number of piperidine rings is 1. The van der Waals surface area contributed by atoms with E-state index in [1.54, 1.807) is 0 Å². The van der Waals surface area contributed by atoms with Gasteiger partial charge in [-0.1, -0.05) is 0 Å². The van der Waals surface area contributed by atoms with Gasteiger partial charge in [-0.15, -0.1) is 0 Å². The summed E-state index contributed by atoms with van der Waals surface area (Å²) in [5.74, 6) is 1.62. The maximum atomic E-state index is 6.02. The molecule has 2 nitrogen and oxygen atoms in total. The average Bonchev–Trinajstić information content (AvgIpc) is 2.20. The summed E-state index contributed by atoms with van der Waals surface area (Å²) in [6.45, 7) is 2.47. The van der Waals surface area contributed by atoms with Gasteiger partial charge in [-0.05, 0) is 31.7 Å². The fraction of sp³-hybridized carbons (Fsp3) is 1.00. The van der Waals surface area contributed by atoms with Crippen LogP contribution in [0.2, 0.25) is 0 Å². The lowest BCUT2D eigenvalue weighted by atomic mass is 9.94. The van der Waals surface area contributed by atoms with Crippen molar-refractivity contribution in [1.29, 1.82) is 0 Å². The second kappa shape index (κ2) is 2.21. The van der Waals surface area contributed by atoms with Gasteiger partial charge in [0, 0.05) is 19.1 Å². The molecule has 2 N–H and O–H groups in total. The molecule has 1 saturated heterocycles. The molecule has 0 aromatic heterocycles. The van der Waals surface area contributed by atoms with Crippen molar-refractivity contribution in [1.82, 2.24) is 4.90 Å². The summed E-state index contributed by atoms with van der Waals surface area (Å²) >= 11 is 0. The summed E-state index contributed by atoms with van der Waals surface area (Å²) < 4.78 is 0. The number of nitrogens with two attached hydrogens (primary N) is 1. The third-order valence-electron chi connectivity index (χ3n) is 3.09. The highest BCUT2D eigenvalue weighted by Gasteiger charge is 2.38. The zero-order chi connectivity index (χ0) is 7.14. The second-order valence-corrected chi connectivity index (χ2v) is 3.90. The normalized spacial score (nSPS) is 48.0. The molecule has 2 aliphatic rings. The molecule has 2 unspecified atom stereocenters. The zero-order valence-corrected chi connectivity index (χ0v) is 6.59. The van der Waals surface area contributed by atoms with Crippen molar-refractivity contribution >= 4 is 0 Å². The van der Waals surface area contributed by atoms with Crippen molar-refractivity contribution in [2.24, 2.45) is 17.6 Å². The first-order valence-corrected chi connectivity index (χ1v) is 4.21. The van der Waals surface area contributed by atoms with E-state index in [1.807, 2.05) is 0 Å². The summed E-state index contributed by atoms with van der Waals surface area (Å²) in [6, 6.07) is 0.524. The Labute approximate surface area is 62.4 Å². The molecule has 2 heteroatoms. The summed E-state index contributed by atoms with van der Waals surface area (Å²) in [4.78, 5) is 2.42. The van der Waals surface area contributed by atoms with Gasteiger partial charge < -0.3 is 10.6 Å². The average molecular weight is 140 g/mol. The number of rotatable bonds is 0. The number of hydrogen-bond acceptors (Lipinski definition) is 2. The Bertz CT molecular complexity index is 121. The fourth-order valence-corrected chi connectivity index (χ4v) is 2.50. The van der Waals surface area contributed by atoms with Gasteiger partial charge in [-0.25, -0.2) is 0 Å². The number of hydrogen-bond donors (Lipinski definition) is 1. The van der Waals surface area contributed by atoms with Crippen molar-refractivity contribution in [3.05, 3.63) is 0 Å². The standard InChI is InChI=1S/C8H16N2/c1-10-4-6-2-3-7(5-10)8(6)9/h6-8H,2-5,9H2,1H3/t6-,7?,8?/m1/s1. The lowest BCUT2D eigenvalue weighted by Crippen LogP contribution is -2.47. The maximum Gasteiger partial charge on any atom is 0.0120 e. The quantitative estimate of drug-likeness (QED) is 0.524. The van der Waals surface area contributed by atoms with Crippen LogP contribution in [0, 0.1) is 11.8 Å². The third-order valence-corrected chi connectivity index (χ3v) is 3.09. The summed E-state index contributed by atoms with van der Waals surface area (Å²) in [6.07, 6.45) is 2.74. The Balaban J connectivity index is 2.09. The van der Waals surface area contributed by atoms with Gasteiger partial charge in [0.25, 0.3) is 0 Å². The lowest BCUT2D eigenvalue weighted by Gasteiger charge is -2.33. The Morgan fingerprint density at radius 3 is 2.20 bits per heavy atom. The minimum atomic E-state index is 0.524. The van der Waals surface area contributed by atoms with Crippen LogP contribution < -0.4 is 5.73 Å². The Morgan fingerprint density at radius 1 is 1.20 bits per heavy atom. The van der Waals surface area contributed by atoms with Crippen LogP contribution in [0.15, 0.2) is 0 Å². The molecule has 2 rings (SSSR count). The van der Waals surface area contributed by atoms with E-state index in [-0.39, 0.29) is 0 Å². The van der Waals surface area contributed by atoms with Crippen molar-refractivity contribution in [3.8, 4) is 0 Å². The predicted octanol–water partition coefficient (Wildman–Crippen LogP) is 0.285. The molecule has 0 spiro atoms. The third kappa shape index (κ3) is 0.867. The lowest BCUT2D eigenvalue weighted by molar-refractivity contribution is 0.177. The van der Waals surface area contributed by atoms with Gasteiger partial charge in [-0.2, -0.15) is 0 Å². The Hall–Kier alpha value is -0.0800. The smallest absolute Gasteiger partial charge is 0.0120 e. The van der Waals surface area contributed by atoms with Crippen molar-refractivity contribution < 1.29 is 0 Å². The highest BCUT2D eigenvalue weighted by atomic mass is 15.1. The molecular formula is C8H16N2. The number of likely N-dealkylation sites (tertiary alicyclic amines) is 1. The molecule has 0 radical (unpaired) electrons. The van der Waals surface area contributed by atoms with E-state index in [2.05, 4.69) is 11.9 Å². The minimum Gasteiger partial charge on any atom is -0.327 e. The minimum absolute atomic E-state index is 0.524. The monoisotopic (exact) mass is 140 g/mol. The summed E-state index contributed by atoms with van der Waals surface area (Å²) in [5, 5.41) is 0. The van der Waals surface area contributed by atoms with Crippen LogP contribution in [0.3, 0.4) is 0 Å². The van der Waals surface area contributed by atoms with E-state index >= 15 is 0 Å². The second-order valence-electron chi connectivity index (χ2n) is 3.90. The van der Waals surface area contributed by atoms with Crippen LogP contribution in [-0.4, -0.2) is 31.1 Å². The van der Waals surface area contributed by atoms with Gasteiger partial charge in [0.1, 0.15) is 0 Å². The van der Waals surface area contributed by atoms with E-state index < -0.39 is 0 Å². The van der Waals surface area contributed by atoms with Crippen molar-refractivity contribution in [2.45, 2.75) is 18.9 Å². The zero-order valence-electron chi connectivity index (χ0n) is 6.59. The van der Waals surface area contributed by atoms with E-state index in [4.69, 9.17) is 5.73 Å². The topological polar surface area (TPSA) is 29.3 Å². The molecule has 2 fully saturated rings. The van der Waals surface area contributed by atoms with Crippen LogP contribution >= 0.6 is 0 Å². The van der Waals surface area contributed by atoms with Crippen LogP contribution in [0.1, 0.15) is 12.8 Å². The van der Waals surface area contributed by atoms with Crippen LogP contribution in [0.5, 0.6) is 0 Å². The van der Waals surface area contributed by atoms with Gasteiger partial charge in [0.2, 0.25) is 0 Å².